The molecule has 0 aliphatic carbocycles. The first kappa shape index (κ1) is 20.7. The van der Waals surface area contributed by atoms with Gasteiger partial charge in [-0.3, -0.25) is 4.57 Å². The van der Waals surface area contributed by atoms with Gasteiger partial charge in [-0.15, -0.1) is 0 Å². The summed E-state index contributed by atoms with van der Waals surface area (Å²) >= 11 is 0. The highest BCUT2D eigenvalue weighted by Crippen LogP contribution is 2.35. The van der Waals surface area contributed by atoms with E-state index in [2.05, 4.69) is 25.5 Å². The largest absolute Gasteiger partial charge is 0.504 e. The van der Waals surface area contributed by atoms with E-state index >= 15 is 0 Å². The van der Waals surface area contributed by atoms with E-state index in [1.165, 1.54) is 30.3 Å². The monoisotopic (exact) mass is 431 g/mol. The maximum absolute atomic E-state index is 10.5. The van der Waals surface area contributed by atoms with Gasteiger partial charge in [-0.25, -0.2) is 20.4 Å². The molecule has 1 aliphatic heterocycles. The molecular formula is C18H21N7O6. The van der Waals surface area contributed by atoms with Crippen molar-refractivity contribution < 1.29 is 29.9 Å². The molecule has 1 aliphatic rings. The predicted molar refractivity (Wildman–Crippen MR) is 109 cm³/mol. The molecule has 0 bridgehead atoms. The van der Waals surface area contributed by atoms with E-state index in [4.69, 9.17) is 15.2 Å². The second-order valence-corrected chi connectivity index (χ2v) is 6.77. The number of hydrogen-bond donors (Lipinski definition) is 6. The molecule has 1 saturated heterocycles. The van der Waals surface area contributed by atoms with Crippen LogP contribution in [0.15, 0.2) is 29.6 Å². The number of phenolic OH excluding ortho intramolecular Hbond substituents is 1. The molecular weight excluding hydrogens is 410 g/mol. The highest BCUT2D eigenvalue weighted by Gasteiger charge is 2.45. The molecule has 13 heteroatoms. The Balaban J connectivity index is 1.69. The number of phenols is 1. The summed E-state index contributed by atoms with van der Waals surface area (Å²) in [6.07, 6.45) is -2.09. The molecule has 164 valence electrons. The van der Waals surface area contributed by atoms with Crippen LogP contribution in [0.25, 0.3) is 11.2 Å². The Morgan fingerprint density at radius 1 is 1.32 bits per heavy atom. The van der Waals surface area contributed by atoms with Crippen molar-refractivity contribution in [2.75, 3.05) is 24.9 Å². The van der Waals surface area contributed by atoms with Gasteiger partial charge < -0.3 is 35.6 Å². The van der Waals surface area contributed by atoms with E-state index in [0.717, 1.165) is 0 Å². The van der Waals surface area contributed by atoms with Crippen LogP contribution in [0.3, 0.4) is 0 Å². The standard InChI is InChI=1S/C18H21N7O6/c1-30-10-4-8(2-3-9(10)27)5-22-24-18-23-12-15(19)20-7-21-16(12)25(18)17-14(29)13(28)11(6-26)31-17/h2-5,7,11,13-14,17,26-29H,6H2,1H3,(H,23,24)(H2,19,20,21). The molecule has 0 saturated carbocycles. The Kier molecular flexibility index (Phi) is 5.56. The van der Waals surface area contributed by atoms with E-state index < -0.39 is 31.1 Å². The molecule has 31 heavy (non-hydrogen) atoms. The molecule has 4 rings (SSSR count). The van der Waals surface area contributed by atoms with Crippen molar-refractivity contribution in [3.05, 3.63) is 30.1 Å². The van der Waals surface area contributed by atoms with Crippen molar-refractivity contribution >= 4 is 29.1 Å². The van der Waals surface area contributed by atoms with Gasteiger partial charge in [0.1, 0.15) is 24.6 Å². The number of nitrogen functional groups attached to an aromatic ring is 1. The molecule has 7 N–H and O–H groups in total. The van der Waals surface area contributed by atoms with E-state index in [9.17, 15) is 20.4 Å². The smallest absolute Gasteiger partial charge is 0.228 e. The summed E-state index contributed by atoms with van der Waals surface area (Å²) in [5.74, 6) is 0.489. The second kappa shape index (κ2) is 8.31. The Labute approximate surface area is 175 Å². The highest BCUT2D eigenvalue weighted by molar-refractivity contribution is 5.85. The number of methoxy groups -OCH3 is 1. The Morgan fingerprint density at radius 3 is 2.84 bits per heavy atom. The lowest BCUT2D eigenvalue weighted by Gasteiger charge is -2.18. The van der Waals surface area contributed by atoms with Gasteiger partial charge in [0.25, 0.3) is 0 Å². The minimum absolute atomic E-state index is 0.00665. The number of aromatic nitrogens is 4. The van der Waals surface area contributed by atoms with Crippen LogP contribution in [-0.2, 0) is 4.74 Å². The number of aliphatic hydroxyl groups excluding tert-OH is 3. The van der Waals surface area contributed by atoms with Gasteiger partial charge in [-0.2, -0.15) is 5.10 Å². The average molecular weight is 431 g/mol. The maximum Gasteiger partial charge on any atom is 0.228 e. The molecule has 4 unspecified atom stereocenters. The van der Waals surface area contributed by atoms with Crippen molar-refractivity contribution in [3.63, 3.8) is 0 Å². The summed E-state index contributed by atoms with van der Waals surface area (Å²) in [6, 6.07) is 4.67. The first-order chi connectivity index (χ1) is 14.9. The summed E-state index contributed by atoms with van der Waals surface area (Å²) < 4.78 is 12.1. The fourth-order valence-electron chi connectivity index (χ4n) is 3.28. The molecule has 3 heterocycles. The summed E-state index contributed by atoms with van der Waals surface area (Å²) in [6.45, 7) is -0.484. The first-order valence-electron chi connectivity index (χ1n) is 9.21. The molecule has 0 amide bonds. The number of imidazole rings is 1. The Bertz CT molecular complexity index is 1120. The number of ether oxygens (including phenoxy) is 2. The maximum atomic E-state index is 10.5. The number of nitrogens with two attached hydrogens (primary N) is 1. The van der Waals surface area contributed by atoms with Gasteiger partial charge in [0.15, 0.2) is 34.7 Å². The minimum Gasteiger partial charge on any atom is -0.504 e. The zero-order chi connectivity index (χ0) is 22.1. The van der Waals surface area contributed by atoms with Crippen LogP contribution in [0.2, 0.25) is 0 Å². The number of nitrogens with zero attached hydrogens (tertiary/aromatic N) is 5. The van der Waals surface area contributed by atoms with Crippen molar-refractivity contribution in [1.29, 1.82) is 0 Å². The zero-order valence-corrected chi connectivity index (χ0v) is 16.3. The third-order valence-corrected chi connectivity index (χ3v) is 4.86. The third kappa shape index (κ3) is 3.70. The van der Waals surface area contributed by atoms with Gasteiger partial charge in [0, 0.05) is 0 Å². The van der Waals surface area contributed by atoms with Crippen molar-refractivity contribution in [1.82, 2.24) is 19.5 Å². The molecule has 0 radical (unpaired) electrons. The molecule has 3 aromatic rings. The minimum atomic E-state index is -1.36. The Hall–Kier alpha value is -3.52. The fraction of sp³-hybridized carbons (Fsp3) is 0.333. The number of fused-ring (bicyclic) bond motifs is 1. The number of aliphatic hydroxyl groups is 3. The second-order valence-electron chi connectivity index (χ2n) is 6.77. The van der Waals surface area contributed by atoms with Gasteiger partial charge in [-0.1, -0.05) is 0 Å². The SMILES string of the molecule is COc1cc(C=NNc2nc3c(N)ncnc3n2C2OC(CO)C(O)C2O)ccc1O. The van der Waals surface area contributed by atoms with Crippen LogP contribution in [0.4, 0.5) is 11.8 Å². The van der Waals surface area contributed by atoms with Gasteiger partial charge >= 0.3 is 0 Å². The number of nitrogens with one attached hydrogen (secondary N) is 1. The lowest BCUT2D eigenvalue weighted by atomic mass is 10.1. The van der Waals surface area contributed by atoms with Crippen LogP contribution in [0, 0.1) is 0 Å². The quantitative estimate of drug-likeness (QED) is 0.211. The number of hydrogen-bond acceptors (Lipinski definition) is 12. The summed E-state index contributed by atoms with van der Waals surface area (Å²) in [7, 11) is 1.43. The van der Waals surface area contributed by atoms with Crippen molar-refractivity contribution in [2.24, 2.45) is 5.10 Å². The van der Waals surface area contributed by atoms with Crippen LogP contribution >= 0.6 is 0 Å². The molecule has 13 nitrogen and oxygen atoms in total. The predicted octanol–water partition coefficient (Wildman–Crippen LogP) is -0.820. The lowest BCUT2D eigenvalue weighted by Crippen LogP contribution is -2.33. The third-order valence-electron chi connectivity index (χ3n) is 4.86. The van der Waals surface area contributed by atoms with E-state index in [-0.39, 0.29) is 34.4 Å². The van der Waals surface area contributed by atoms with E-state index in [1.807, 2.05) is 0 Å². The Morgan fingerprint density at radius 2 is 2.13 bits per heavy atom. The van der Waals surface area contributed by atoms with E-state index in [0.29, 0.717) is 5.56 Å². The average Bonchev–Trinajstić information content (AvgIpc) is 3.27. The van der Waals surface area contributed by atoms with Gasteiger partial charge in [0.2, 0.25) is 5.95 Å². The molecule has 0 spiro atoms. The summed E-state index contributed by atoms with van der Waals surface area (Å²) in [4.78, 5) is 12.4. The number of hydrazone groups is 1. The van der Waals surface area contributed by atoms with Crippen LogP contribution in [-0.4, -0.2) is 78.2 Å². The molecule has 1 aromatic carbocycles. The van der Waals surface area contributed by atoms with E-state index in [1.54, 1.807) is 12.1 Å². The number of aromatic hydroxyl groups is 1. The lowest BCUT2D eigenvalue weighted by molar-refractivity contribution is -0.0501. The molecule has 2 aromatic heterocycles. The van der Waals surface area contributed by atoms with Gasteiger partial charge in [-0.05, 0) is 23.8 Å². The number of benzene rings is 1. The molecule has 4 atom stereocenters. The van der Waals surface area contributed by atoms with Crippen LogP contribution < -0.4 is 15.9 Å². The summed E-state index contributed by atoms with van der Waals surface area (Å²) in [5, 5.41) is 43.8. The van der Waals surface area contributed by atoms with Crippen LogP contribution in [0.1, 0.15) is 11.8 Å². The highest BCUT2D eigenvalue weighted by atomic mass is 16.6. The van der Waals surface area contributed by atoms with Crippen LogP contribution in [0.5, 0.6) is 11.5 Å². The fourth-order valence-corrected chi connectivity index (χ4v) is 3.28. The van der Waals surface area contributed by atoms with Crippen molar-refractivity contribution in [3.8, 4) is 11.5 Å². The molecule has 1 fully saturated rings. The number of rotatable bonds is 6. The van der Waals surface area contributed by atoms with Crippen molar-refractivity contribution in [2.45, 2.75) is 24.5 Å². The zero-order valence-electron chi connectivity index (χ0n) is 16.3. The first-order valence-corrected chi connectivity index (χ1v) is 9.21. The normalized spacial score (nSPS) is 23.6. The summed E-state index contributed by atoms with van der Waals surface area (Å²) in [5.41, 5.74) is 9.73. The number of anilines is 2. The van der Waals surface area contributed by atoms with Gasteiger partial charge in [0.05, 0.1) is 19.9 Å². The topological polar surface area (TPSA) is 193 Å².